The number of phenolic OH excluding ortho intramolecular Hbond substituents is 1. The van der Waals surface area contributed by atoms with Crippen LogP contribution in [0.4, 0.5) is 24.5 Å². The number of anilines is 2. The summed E-state index contributed by atoms with van der Waals surface area (Å²) in [6.45, 7) is 2.73. The topological polar surface area (TPSA) is 61.8 Å². The number of hydrogen-bond acceptors (Lipinski definition) is 4. The van der Waals surface area contributed by atoms with Gasteiger partial charge in [-0.05, 0) is 30.3 Å². The molecule has 1 saturated heterocycles. The molecular formula is C18H16ClF3N2O3. The van der Waals surface area contributed by atoms with Gasteiger partial charge in [0.2, 0.25) is 0 Å². The van der Waals surface area contributed by atoms with Crippen molar-refractivity contribution in [2.45, 2.75) is 6.18 Å². The zero-order chi connectivity index (χ0) is 19.6. The Hall–Kier alpha value is -2.45. The van der Waals surface area contributed by atoms with Crippen LogP contribution in [0.3, 0.4) is 0 Å². The first-order valence-corrected chi connectivity index (χ1v) is 8.47. The maximum atomic E-state index is 12.9. The molecule has 2 aromatic carbocycles. The Labute approximate surface area is 158 Å². The van der Waals surface area contributed by atoms with Crippen LogP contribution >= 0.6 is 11.6 Å². The Morgan fingerprint density at radius 1 is 1.15 bits per heavy atom. The van der Waals surface area contributed by atoms with Crippen molar-refractivity contribution in [2.24, 2.45) is 0 Å². The molecule has 0 spiro atoms. The van der Waals surface area contributed by atoms with Gasteiger partial charge < -0.3 is 20.1 Å². The molecule has 144 valence electrons. The smallest absolute Gasteiger partial charge is 0.417 e. The van der Waals surface area contributed by atoms with Gasteiger partial charge in [0.05, 0.1) is 29.5 Å². The monoisotopic (exact) mass is 400 g/mol. The van der Waals surface area contributed by atoms with Gasteiger partial charge in [0, 0.05) is 30.4 Å². The minimum atomic E-state index is -4.70. The van der Waals surface area contributed by atoms with E-state index in [-0.39, 0.29) is 11.3 Å². The first kappa shape index (κ1) is 19.3. The van der Waals surface area contributed by atoms with Crippen LogP contribution in [0, 0.1) is 0 Å². The van der Waals surface area contributed by atoms with E-state index < -0.39 is 28.4 Å². The fourth-order valence-corrected chi connectivity index (χ4v) is 2.98. The second-order valence-electron chi connectivity index (χ2n) is 5.95. The van der Waals surface area contributed by atoms with Crippen LogP contribution in [0.15, 0.2) is 36.4 Å². The number of alkyl halides is 3. The normalized spacial score (nSPS) is 14.9. The van der Waals surface area contributed by atoms with E-state index in [0.717, 1.165) is 24.8 Å². The van der Waals surface area contributed by atoms with Crippen molar-refractivity contribution < 1.29 is 27.8 Å². The fourth-order valence-electron chi connectivity index (χ4n) is 2.72. The molecule has 0 saturated carbocycles. The molecule has 1 aliphatic rings. The number of halogens is 4. The Morgan fingerprint density at radius 3 is 2.37 bits per heavy atom. The van der Waals surface area contributed by atoms with E-state index in [1.165, 1.54) is 0 Å². The highest BCUT2D eigenvalue weighted by Crippen LogP contribution is 2.40. The molecule has 2 N–H and O–H groups in total. The molecule has 0 aliphatic carbocycles. The predicted molar refractivity (Wildman–Crippen MR) is 95.5 cm³/mol. The molecule has 1 fully saturated rings. The average molecular weight is 401 g/mol. The zero-order valence-electron chi connectivity index (χ0n) is 14.0. The largest absolute Gasteiger partial charge is 0.506 e. The van der Waals surface area contributed by atoms with Crippen molar-refractivity contribution in [1.82, 2.24) is 0 Å². The second-order valence-corrected chi connectivity index (χ2v) is 6.35. The Bertz CT molecular complexity index is 835. The number of morpholine rings is 1. The third-order valence-electron chi connectivity index (χ3n) is 4.14. The molecule has 0 radical (unpaired) electrons. The van der Waals surface area contributed by atoms with E-state index in [0.29, 0.717) is 19.3 Å². The van der Waals surface area contributed by atoms with E-state index in [2.05, 4.69) is 10.2 Å². The summed E-state index contributed by atoms with van der Waals surface area (Å²) < 4.78 is 44.1. The Morgan fingerprint density at radius 2 is 1.78 bits per heavy atom. The van der Waals surface area contributed by atoms with Crippen LogP contribution < -0.4 is 10.2 Å². The highest BCUT2D eigenvalue weighted by Gasteiger charge is 2.34. The third-order valence-corrected chi connectivity index (χ3v) is 4.46. The summed E-state index contributed by atoms with van der Waals surface area (Å²) in [5.41, 5.74) is -0.340. The standard InChI is InChI=1S/C18H16ClF3N2O3/c19-14-10-16(25)15(9-13(14)18(20,21)22)23-17(26)11-1-3-12(4-2-11)24-5-7-27-8-6-24/h1-4,9-10,25H,5-8H2,(H,23,26). The molecule has 1 aliphatic heterocycles. The van der Waals surface area contributed by atoms with Crippen molar-refractivity contribution in [2.75, 3.05) is 36.5 Å². The van der Waals surface area contributed by atoms with Gasteiger partial charge in [-0.2, -0.15) is 13.2 Å². The SMILES string of the molecule is O=C(Nc1cc(C(F)(F)F)c(Cl)cc1O)c1ccc(N2CCOCC2)cc1. The van der Waals surface area contributed by atoms with E-state index in [9.17, 15) is 23.1 Å². The minimum Gasteiger partial charge on any atom is -0.506 e. The van der Waals surface area contributed by atoms with Gasteiger partial charge in [0.25, 0.3) is 5.91 Å². The Balaban J connectivity index is 1.77. The molecule has 5 nitrogen and oxygen atoms in total. The van der Waals surface area contributed by atoms with Crippen LogP contribution in [0.2, 0.25) is 5.02 Å². The molecule has 1 heterocycles. The summed E-state index contributed by atoms with van der Waals surface area (Å²) in [5, 5.41) is 11.4. The molecule has 0 bridgehead atoms. The van der Waals surface area contributed by atoms with Crippen LogP contribution in [0.25, 0.3) is 0 Å². The summed E-state index contributed by atoms with van der Waals surface area (Å²) in [7, 11) is 0. The fraction of sp³-hybridized carbons (Fsp3) is 0.278. The van der Waals surface area contributed by atoms with E-state index >= 15 is 0 Å². The predicted octanol–water partition coefficient (Wildman–Crippen LogP) is 4.15. The number of hydrogen-bond donors (Lipinski definition) is 2. The number of nitrogens with zero attached hydrogens (tertiary/aromatic N) is 1. The van der Waals surface area contributed by atoms with Crippen LogP contribution in [0.1, 0.15) is 15.9 Å². The number of amides is 1. The lowest BCUT2D eigenvalue weighted by molar-refractivity contribution is -0.137. The van der Waals surface area contributed by atoms with Gasteiger partial charge in [-0.3, -0.25) is 4.79 Å². The average Bonchev–Trinajstić information content (AvgIpc) is 2.63. The molecule has 1 amide bonds. The van der Waals surface area contributed by atoms with Crippen molar-refractivity contribution in [1.29, 1.82) is 0 Å². The molecule has 0 unspecified atom stereocenters. The van der Waals surface area contributed by atoms with Crippen LogP contribution in [0.5, 0.6) is 5.75 Å². The molecule has 3 rings (SSSR count). The van der Waals surface area contributed by atoms with Gasteiger partial charge in [-0.1, -0.05) is 11.6 Å². The van der Waals surface area contributed by atoms with Crippen molar-refractivity contribution in [3.05, 3.63) is 52.5 Å². The maximum absolute atomic E-state index is 12.9. The Kier molecular flexibility index (Phi) is 5.48. The van der Waals surface area contributed by atoms with Gasteiger partial charge >= 0.3 is 6.18 Å². The lowest BCUT2D eigenvalue weighted by Crippen LogP contribution is -2.36. The molecule has 27 heavy (non-hydrogen) atoms. The van der Waals surface area contributed by atoms with Crippen molar-refractivity contribution >= 4 is 28.9 Å². The molecule has 9 heteroatoms. The number of carbonyl (C=O) groups excluding carboxylic acids is 1. The number of aromatic hydroxyl groups is 1. The minimum absolute atomic E-state index is 0.245. The number of nitrogens with one attached hydrogen (secondary N) is 1. The maximum Gasteiger partial charge on any atom is 0.417 e. The summed E-state index contributed by atoms with van der Waals surface area (Å²) in [4.78, 5) is 14.4. The molecule has 0 atom stereocenters. The number of phenols is 1. The first-order valence-electron chi connectivity index (χ1n) is 8.09. The van der Waals surface area contributed by atoms with Gasteiger partial charge in [0.15, 0.2) is 0 Å². The number of benzene rings is 2. The van der Waals surface area contributed by atoms with E-state index in [1.54, 1.807) is 24.3 Å². The van der Waals surface area contributed by atoms with Crippen LogP contribution in [-0.4, -0.2) is 37.3 Å². The molecule has 0 aromatic heterocycles. The summed E-state index contributed by atoms with van der Waals surface area (Å²) >= 11 is 5.52. The first-order chi connectivity index (χ1) is 12.8. The summed E-state index contributed by atoms with van der Waals surface area (Å²) in [6, 6.07) is 8.00. The third kappa shape index (κ3) is 4.45. The number of ether oxygens (including phenoxy) is 1. The van der Waals surface area contributed by atoms with E-state index in [4.69, 9.17) is 16.3 Å². The highest BCUT2D eigenvalue weighted by atomic mass is 35.5. The quantitative estimate of drug-likeness (QED) is 0.760. The van der Waals surface area contributed by atoms with Crippen molar-refractivity contribution in [3.63, 3.8) is 0 Å². The highest BCUT2D eigenvalue weighted by molar-refractivity contribution is 6.31. The van der Waals surface area contributed by atoms with Gasteiger partial charge in [-0.15, -0.1) is 0 Å². The lowest BCUT2D eigenvalue weighted by atomic mass is 10.1. The number of carbonyl (C=O) groups is 1. The summed E-state index contributed by atoms with van der Waals surface area (Å²) in [5.74, 6) is -1.19. The van der Waals surface area contributed by atoms with Crippen molar-refractivity contribution in [3.8, 4) is 5.75 Å². The molecular weight excluding hydrogens is 385 g/mol. The number of rotatable bonds is 3. The van der Waals surface area contributed by atoms with Gasteiger partial charge in [-0.25, -0.2) is 0 Å². The van der Waals surface area contributed by atoms with Gasteiger partial charge in [0.1, 0.15) is 5.75 Å². The van der Waals surface area contributed by atoms with Crippen LogP contribution in [-0.2, 0) is 10.9 Å². The second kappa shape index (κ2) is 7.66. The summed E-state index contributed by atoms with van der Waals surface area (Å²) in [6.07, 6.45) is -4.70. The lowest BCUT2D eigenvalue weighted by Gasteiger charge is -2.28. The zero-order valence-corrected chi connectivity index (χ0v) is 14.8. The van der Waals surface area contributed by atoms with E-state index in [1.807, 2.05) is 0 Å². The molecule has 2 aromatic rings.